The van der Waals surface area contributed by atoms with E-state index in [0.717, 1.165) is 29.9 Å². The third kappa shape index (κ3) is 3.01. The lowest BCUT2D eigenvalue weighted by molar-refractivity contribution is -0.900. The van der Waals surface area contributed by atoms with Crippen LogP contribution in [0, 0.1) is 0 Å². The molecule has 13 heavy (non-hydrogen) atoms. The van der Waals surface area contributed by atoms with Gasteiger partial charge in [-0.3, -0.25) is 0 Å². The normalized spacial score (nSPS) is 20.7. The van der Waals surface area contributed by atoms with Crippen molar-refractivity contribution in [2.45, 2.75) is 13.8 Å². The van der Waals surface area contributed by atoms with E-state index in [1.54, 1.807) is 0 Å². The Bertz CT molecular complexity index is 177. The zero-order valence-corrected chi connectivity index (χ0v) is 8.88. The fourth-order valence-corrected chi connectivity index (χ4v) is 1.22. The molecule has 0 amide bonds. The van der Waals surface area contributed by atoms with E-state index in [1.165, 1.54) is 0 Å². The highest BCUT2D eigenvalue weighted by Crippen LogP contribution is 2.09. The summed E-state index contributed by atoms with van der Waals surface area (Å²) in [7, 11) is 2.26. The minimum atomic E-state index is 0.424. The van der Waals surface area contributed by atoms with Gasteiger partial charge >= 0.3 is 0 Å². The third-order valence-electron chi connectivity index (χ3n) is 2.86. The maximum atomic E-state index is 5.27. The first-order chi connectivity index (χ1) is 6.20. The summed E-state index contributed by atoms with van der Waals surface area (Å²) in [5.41, 5.74) is 0. The highest BCUT2D eigenvalue weighted by Gasteiger charge is 2.16. The summed E-state index contributed by atoms with van der Waals surface area (Å²) < 4.78 is 11.4. The van der Waals surface area contributed by atoms with Crippen molar-refractivity contribution in [3.63, 3.8) is 0 Å². The van der Waals surface area contributed by atoms with Gasteiger partial charge in [-0.25, -0.2) is 0 Å². The molecule has 1 fully saturated rings. The Kier molecular flexibility index (Phi) is 3.75. The summed E-state index contributed by atoms with van der Waals surface area (Å²) >= 11 is 0. The Balaban J connectivity index is 2.42. The van der Waals surface area contributed by atoms with E-state index < -0.39 is 0 Å². The quantitative estimate of drug-likeness (QED) is 0.617. The Labute approximate surface area is 80.5 Å². The fraction of sp³-hybridized carbons (Fsp3) is 0.800. The molecule has 0 radical (unpaired) electrons. The summed E-state index contributed by atoms with van der Waals surface area (Å²) in [4.78, 5) is 0. The van der Waals surface area contributed by atoms with E-state index in [1.807, 2.05) is 0 Å². The van der Waals surface area contributed by atoms with Gasteiger partial charge in [0.05, 0.1) is 20.1 Å². The van der Waals surface area contributed by atoms with E-state index in [-0.39, 0.29) is 0 Å². The molecule has 0 unspecified atom stereocenters. The molecule has 1 rings (SSSR count). The molecule has 0 aliphatic carbocycles. The summed E-state index contributed by atoms with van der Waals surface area (Å²) in [6.45, 7) is 8.84. The number of quaternary nitrogens is 1. The first-order valence-electron chi connectivity index (χ1n) is 4.93. The molecule has 0 aromatic rings. The predicted molar refractivity (Wildman–Crippen MR) is 52.1 cm³/mol. The molecule has 0 saturated carbocycles. The highest BCUT2D eigenvalue weighted by molar-refractivity contribution is 4.95. The number of nitrogens with zero attached hydrogens (tertiary/aromatic N) is 1. The van der Waals surface area contributed by atoms with Crippen LogP contribution in [0.3, 0.4) is 0 Å². The van der Waals surface area contributed by atoms with Crippen molar-refractivity contribution in [2.24, 2.45) is 0 Å². The van der Waals surface area contributed by atoms with Crippen LogP contribution in [0.25, 0.3) is 0 Å². The first-order valence-corrected chi connectivity index (χ1v) is 4.93. The molecule has 0 bridgehead atoms. The molecular weight excluding hydrogens is 166 g/mol. The van der Waals surface area contributed by atoms with Gasteiger partial charge in [-0.1, -0.05) is 0 Å². The smallest absolute Gasteiger partial charge is 0.189 e. The molecule has 0 aromatic carbocycles. The molecule has 1 aliphatic heterocycles. The second-order valence-electron chi connectivity index (χ2n) is 3.72. The van der Waals surface area contributed by atoms with Crippen molar-refractivity contribution in [2.75, 3.05) is 40.1 Å². The minimum absolute atomic E-state index is 0.424. The second kappa shape index (κ2) is 4.63. The van der Waals surface area contributed by atoms with Crippen molar-refractivity contribution in [3.8, 4) is 0 Å². The highest BCUT2D eigenvalue weighted by atomic mass is 16.7. The Morgan fingerprint density at radius 1 is 1.38 bits per heavy atom. The summed E-state index contributed by atoms with van der Waals surface area (Å²) in [5, 5.41) is 0. The Morgan fingerprint density at radius 2 is 2.08 bits per heavy atom. The number of rotatable bonds is 4. The van der Waals surface area contributed by atoms with E-state index >= 15 is 0 Å². The molecule has 1 heterocycles. The van der Waals surface area contributed by atoms with Gasteiger partial charge in [0.2, 0.25) is 0 Å². The molecular formula is C10H20NO2+. The van der Waals surface area contributed by atoms with Crippen molar-refractivity contribution >= 4 is 0 Å². The van der Waals surface area contributed by atoms with Gasteiger partial charge in [0.15, 0.2) is 6.79 Å². The van der Waals surface area contributed by atoms with Gasteiger partial charge in [-0.2, -0.15) is 0 Å². The largest absolute Gasteiger partial charge is 0.470 e. The van der Waals surface area contributed by atoms with Gasteiger partial charge in [0.1, 0.15) is 18.9 Å². The maximum Gasteiger partial charge on any atom is 0.189 e. The molecule has 0 aromatic heterocycles. The van der Waals surface area contributed by atoms with Crippen LogP contribution in [0.5, 0.6) is 0 Å². The second-order valence-corrected chi connectivity index (χ2v) is 3.72. The average Bonchev–Trinajstić information content (AvgIpc) is 2.67. The number of ether oxygens (including phenoxy) is 2. The molecule has 3 nitrogen and oxygen atoms in total. The summed E-state index contributed by atoms with van der Waals surface area (Å²) in [6, 6.07) is 0. The molecule has 0 N–H and O–H groups in total. The standard InChI is InChI=1S/C10H20NO2/c1-4-11(3,5-2)7-6-10-8-12-9-13-10/h6H,4-5,7-9H2,1-3H3/q+1/b10-6-. The van der Waals surface area contributed by atoms with Gasteiger partial charge in [-0.15, -0.1) is 0 Å². The van der Waals surface area contributed by atoms with Crippen molar-refractivity contribution in [1.82, 2.24) is 0 Å². The molecule has 3 heteroatoms. The molecule has 1 saturated heterocycles. The van der Waals surface area contributed by atoms with Crippen LogP contribution in [-0.4, -0.2) is 44.6 Å². The van der Waals surface area contributed by atoms with Gasteiger partial charge in [0, 0.05) is 6.08 Å². The SMILES string of the molecule is CC[N+](C)(CC)C/C=C1/COCO1. The molecule has 1 aliphatic rings. The van der Waals surface area contributed by atoms with Crippen LogP contribution < -0.4 is 0 Å². The average molecular weight is 186 g/mol. The lowest BCUT2D eigenvalue weighted by atomic mass is 10.3. The molecule has 0 atom stereocenters. The van der Waals surface area contributed by atoms with Crippen molar-refractivity contribution < 1.29 is 14.0 Å². The van der Waals surface area contributed by atoms with Crippen LogP contribution in [0.1, 0.15) is 13.8 Å². The first kappa shape index (κ1) is 10.5. The zero-order valence-electron chi connectivity index (χ0n) is 8.88. The van der Waals surface area contributed by atoms with E-state index in [4.69, 9.17) is 9.47 Å². The van der Waals surface area contributed by atoms with Crippen LogP contribution in [0.4, 0.5) is 0 Å². The summed E-state index contributed by atoms with van der Waals surface area (Å²) in [5.74, 6) is 0.992. The van der Waals surface area contributed by atoms with Crippen molar-refractivity contribution in [3.05, 3.63) is 11.8 Å². The fourth-order valence-electron chi connectivity index (χ4n) is 1.22. The van der Waals surface area contributed by atoms with E-state index in [0.29, 0.717) is 13.4 Å². The summed E-state index contributed by atoms with van der Waals surface area (Å²) in [6.07, 6.45) is 2.15. The number of hydrogen-bond acceptors (Lipinski definition) is 2. The predicted octanol–water partition coefficient (Wildman–Crippen LogP) is 1.36. The Morgan fingerprint density at radius 3 is 2.54 bits per heavy atom. The van der Waals surface area contributed by atoms with Gasteiger partial charge < -0.3 is 14.0 Å². The zero-order chi connectivity index (χ0) is 9.73. The van der Waals surface area contributed by atoms with Gasteiger partial charge in [-0.05, 0) is 13.8 Å². The minimum Gasteiger partial charge on any atom is -0.470 e. The molecule has 76 valence electrons. The molecule has 0 spiro atoms. The third-order valence-corrected chi connectivity index (χ3v) is 2.86. The maximum absolute atomic E-state index is 5.27. The van der Waals surface area contributed by atoms with Crippen LogP contribution in [-0.2, 0) is 9.47 Å². The Hall–Kier alpha value is -0.540. The van der Waals surface area contributed by atoms with Gasteiger partial charge in [0.25, 0.3) is 0 Å². The van der Waals surface area contributed by atoms with Crippen LogP contribution in [0.15, 0.2) is 11.8 Å². The lowest BCUT2D eigenvalue weighted by Crippen LogP contribution is -2.43. The number of likely N-dealkylation sites (N-methyl/N-ethyl adjacent to an activating group) is 1. The van der Waals surface area contributed by atoms with E-state index in [9.17, 15) is 0 Å². The monoisotopic (exact) mass is 186 g/mol. The lowest BCUT2D eigenvalue weighted by Gasteiger charge is -2.30. The number of hydrogen-bond donors (Lipinski definition) is 0. The van der Waals surface area contributed by atoms with E-state index in [2.05, 4.69) is 27.0 Å². The van der Waals surface area contributed by atoms with Crippen molar-refractivity contribution in [1.29, 1.82) is 0 Å². The van der Waals surface area contributed by atoms with Crippen LogP contribution >= 0.6 is 0 Å². The topological polar surface area (TPSA) is 18.5 Å². The van der Waals surface area contributed by atoms with Crippen LogP contribution in [0.2, 0.25) is 0 Å².